The average Bonchev–Trinajstić information content (AvgIpc) is 2.78. The van der Waals surface area contributed by atoms with E-state index >= 15 is 0 Å². The third-order valence-electron chi connectivity index (χ3n) is 3.57. The van der Waals surface area contributed by atoms with Crippen molar-refractivity contribution in [3.05, 3.63) is 21.9 Å². The number of rotatable bonds is 5. The van der Waals surface area contributed by atoms with Gasteiger partial charge in [0.1, 0.15) is 0 Å². The van der Waals surface area contributed by atoms with Crippen molar-refractivity contribution in [2.45, 2.75) is 38.8 Å². The standard InChI is InChI=1S/C14H24N2OS/c1-3-17-12-5-4-8-16(10-12)13(9-15)14-7-6-11(2)18-14/h6-7,12-13H,3-5,8-10,15H2,1-2H3. The topological polar surface area (TPSA) is 38.5 Å². The van der Waals surface area contributed by atoms with Gasteiger partial charge < -0.3 is 10.5 Å². The first kappa shape index (κ1) is 14.0. The van der Waals surface area contributed by atoms with E-state index in [9.17, 15) is 0 Å². The molecule has 1 aromatic rings. The quantitative estimate of drug-likeness (QED) is 0.892. The minimum atomic E-state index is 0.368. The second-order valence-electron chi connectivity index (χ2n) is 4.91. The van der Waals surface area contributed by atoms with E-state index in [1.807, 2.05) is 11.3 Å². The zero-order valence-electron chi connectivity index (χ0n) is 11.4. The molecule has 0 radical (unpaired) electrons. The molecule has 0 amide bonds. The number of piperidine rings is 1. The van der Waals surface area contributed by atoms with E-state index < -0.39 is 0 Å². The van der Waals surface area contributed by atoms with Crippen LogP contribution in [0.15, 0.2) is 12.1 Å². The number of hydrogen-bond acceptors (Lipinski definition) is 4. The zero-order chi connectivity index (χ0) is 13.0. The molecule has 2 N–H and O–H groups in total. The molecule has 1 aliphatic heterocycles. The van der Waals surface area contributed by atoms with Crippen molar-refractivity contribution >= 4 is 11.3 Å². The van der Waals surface area contributed by atoms with Gasteiger partial charge in [0.2, 0.25) is 0 Å². The number of likely N-dealkylation sites (tertiary alicyclic amines) is 1. The van der Waals surface area contributed by atoms with Crippen molar-refractivity contribution in [3.63, 3.8) is 0 Å². The molecule has 4 heteroatoms. The average molecular weight is 268 g/mol. The lowest BCUT2D eigenvalue weighted by molar-refractivity contribution is -0.00615. The lowest BCUT2D eigenvalue weighted by Gasteiger charge is -2.37. The normalized spacial score (nSPS) is 23.2. The lowest BCUT2D eigenvalue weighted by Crippen LogP contribution is -2.43. The van der Waals surface area contributed by atoms with Crippen molar-refractivity contribution in [2.24, 2.45) is 5.73 Å². The van der Waals surface area contributed by atoms with E-state index in [2.05, 4.69) is 30.9 Å². The molecule has 0 aliphatic carbocycles. The van der Waals surface area contributed by atoms with Crippen LogP contribution < -0.4 is 5.73 Å². The number of thiophene rings is 1. The van der Waals surface area contributed by atoms with Gasteiger partial charge in [0, 0.05) is 29.5 Å². The van der Waals surface area contributed by atoms with Crippen LogP contribution in [-0.2, 0) is 4.74 Å². The van der Waals surface area contributed by atoms with Crippen LogP contribution in [0.5, 0.6) is 0 Å². The second-order valence-corrected chi connectivity index (χ2v) is 6.23. The highest BCUT2D eigenvalue weighted by atomic mass is 32.1. The van der Waals surface area contributed by atoms with E-state index in [0.29, 0.717) is 18.7 Å². The summed E-state index contributed by atoms with van der Waals surface area (Å²) in [6.07, 6.45) is 2.79. The molecule has 3 nitrogen and oxygen atoms in total. The molecule has 2 unspecified atom stereocenters. The second kappa shape index (κ2) is 6.66. The summed E-state index contributed by atoms with van der Waals surface area (Å²) in [6, 6.07) is 4.78. The monoisotopic (exact) mass is 268 g/mol. The van der Waals surface area contributed by atoms with Gasteiger partial charge in [-0.1, -0.05) is 0 Å². The Morgan fingerprint density at radius 1 is 1.56 bits per heavy atom. The smallest absolute Gasteiger partial charge is 0.0702 e. The van der Waals surface area contributed by atoms with Crippen LogP contribution in [0.25, 0.3) is 0 Å². The molecule has 2 atom stereocenters. The van der Waals surface area contributed by atoms with Gasteiger partial charge in [-0.25, -0.2) is 0 Å². The molecule has 102 valence electrons. The lowest BCUT2D eigenvalue weighted by atomic mass is 10.0. The number of nitrogens with two attached hydrogens (primary N) is 1. The minimum Gasteiger partial charge on any atom is -0.377 e. The third kappa shape index (κ3) is 3.32. The van der Waals surface area contributed by atoms with Crippen molar-refractivity contribution in [1.29, 1.82) is 0 Å². The van der Waals surface area contributed by atoms with Crippen LogP contribution in [0.1, 0.15) is 35.6 Å². The summed E-state index contributed by atoms with van der Waals surface area (Å²) in [4.78, 5) is 5.25. The fourth-order valence-electron chi connectivity index (χ4n) is 2.70. The molecule has 1 aliphatic rings. The molecule has 0 saturated carbocycles. The Hall–Kier alpha value is -0.420. The van der Waals surface area contributed by atoms with Gasteiger partial charge in [-0.2, -0.15) is 0 Å². The predicted molar refractivity (Wildman–Crippen MR) is 77.1 cm³/mol. The first-order chi connectivity index (χ1) is 8.74. The first-order valence-corrected chi connectivity index (χ1v) is 7.68. The molecule has 1 aromatic heterocycles. The Bertz CT molecular complexity index is 364. The number of nitrogens with zero attached hydrogens (tertiary/aromatic N) is 1. The molecule has 0 aromatic carbocycles. The molecule has 2 rings (SSSR count). The maximum atomic E-state index is 5.99. The maximum absolute atomic E-state index is 5.99. The summed E-state index contributed by atoms with van der Waals surface area (Å²) in [6.45, 7) is 7.89. The van der Waals surface area contributed by atoms with E-state index in [1.165, 1.54) is 22.6 Å². The first-order valence-electron chi connectivity index (χ1n) is 6.86. The van der Waals surface area contributed by atoms with Gasteiger partial charge in [0.15, 0.2) is 0 Å². The minimum absolute atomic E-state index is 0.368. The predicted octanol–water partition coefficient (Wildman–Crippen LogP) is 2.56. The zero-order valence-corrected chi connectivity index (χ0v) is 12.2. The van der Waals surface area contributed by atoms with Gasteiger partial charge in [-0.3, -0.25) is 4.90 Å². The fourth-order valence-corrected chi connectivity index (χ4v) is 3.72. The van der Waals surface area contributed by atoms with Crippen LogP contribution in [0, 0.1) is 6.92 Å². The Morgan fingerprint density at radius 2 is 2.39 bits per heavy atom. The Labute approximate surface area is 114 Å². The highest BCUT2D eigenvalue weighted by Crippen LogP contribution is 2.29. The summed E-state index contributed by atoms with van der Waals surface area (Å²) in [5, 5.41) is 0. The van der Waals surface area contributed by atoms with E-state index in [4.69, 9.17) is 10.5 Å². The van der Waals surface area contributed by atoms with Crippen molar-refractivity contribution in [3.8, 4) is 0 Å². The highest BCUT2D eigenvalue weighted by molar-refractivity contribution is 7.12. The summed E-state index contributed by atoms with van der Waals surface area (Å²) in [5.74, 6) is 0. The Balaban J connectivity index is 2.03. The number of aryl methyl sites for hydroxylation is 1. The van der Waals surface area contributed by atoms with Gasteiger partial charge in [0.05, 0.1) is 12.1 Å². The van der Waals surface area contributed by atoms with Crippen molar-refractivity contribution in [2.75, 3.05) is 26.2 Å². The Morgan fingerprint density at radius 3 is 3.00 bits per heavy atom. The molecule has 0 bridgehead atoms. The molecular formula is C14H24N2OS. The molecule has 2 heterocycles. The van der Waals surface area contributed by atoms with E-state index in [-0.39, 0.29) is 0 Å². The highest BCUT2D eigenvalue weighted by Gasteiger charge is 2.27. The van der Waals surface area contributed by atoms with Crippen molar-refractivity contribution in [1.82, 2.24) is 4.90 Å². The molecule has 0 spiro atoms. The maximum Gasteiger partial charge on any atom is 0.0702 e. The largest absolute Gasteiger partial charge is 0.377 e. The van der Waals surface area contributed by atoms with E-state index in [0.717, 1.165) is 19.7 Å². The van der Waals surface area contributed by atoms with E-state index in [1.54, 1.807) is 0 Å². The van der Waals surface area contributed by atoms with Gasteiger partial charge in [0.25, 0.3) is 0 Å². The van der Waals surface area contributed by atoms with Crippen molar-refractivity contribution < 1.29 is 4.74 Å². The van der Waals surface area contributed by atoms with Crippen LogP contribution in [0.4, 0.5) is 0 Å². The molecule has 18 heavy (non-hydrogen) atoms. The van der Waals surface area contributed by atoms with Gasteiger partial charge in [-0.15, -0.1) is 11.3 Å². The Kier molecular flexibility index (Phi) is 5.18. The van der Waals surface area contributed by atoms with Gasteiger partial charge in [-0.05, 0) is 45.4 Å². The van der Waals surface area contributed by atoms with Crippen LogP contribution in [-0.4, -0.2) is 37.2 Å². The van der Waals surface area contributed by atoms with Crippen LogP contribution in [0.3, 0.4) is 0 Å². The summed E-state index contributed by atoms with van der Waals surface area (Å²) in [7, 11) is 0. The fraction of sp³-hybridized carbons (Fsp3) is 0.714. The SMILES string of the molecule is CCOC1CCCN(C(CN)c2ccc(C)s2)C1. The molecule has 1 fully saturated rings. The summed E-state index contributed by atoms with van der Waals surface area (Å²) in [5.41, 5.74) is 5.99. The number of hydrogen-bond donors (Lipinski definition) is 1. The summed E-state index contributed by atoms with van der Waals surface area (Å²) < 4.78 is 5.77. The van der Waals surface area contributed by atoms with Gasteiger partial charge >= 0.3 is 0 Å². The summed E-state index contributed by atoms with van der Waals surface area (Å²) >= 11 is 1.87. The molecule has 1 saturated heterocycles. The molecular weight excluding hydrogens is 244 g/mol. The van der Waals surface area contributed by atoms with Crippen LogP contribution in [0.2, 0.25) is 0 Å². The number of ether oxygens (including phenoxy) is 1. The third-order valence-corrected chi connectivity index (χ3v) is 4.67. The van der Waals surface area contributed by atoms with Crippen LogP contribution >= 0.6 is 11.3 Å².